The Bertz CT molecular complexity index is 1080. The normalized spacial score (nSPS) is 12.3. The molecule has 0 bridgehead atoms. The van der Waals surface area contributed by atoms with Crippen LogP contribution in [-0.4, -0.2) is 10.5 Å². The third kappa shape index (κ3) is 3.60. The fourth-order valence-electron chi connectivity index (χ4n) is 2.67. The maximum absolute atomic E-state index is 12.6. The number of terminal acetylenes is 1. The van der Waals surface area contributed by atoms with Crippen LogP contribution in [0.15, 0.2) is 47.5 Å². The topological polar surface area (TPSA) is 34.4 Å². The van der Waals surface area contributed by atoms with Gasteiger partial charge in [-0.1, -0.05) is 67.8 Å². The zero-order chi connectivity index (χ0) is 18.9. The zero-order valence-corrected chi connectivity index (χ0v) is 16.5. The van der Waals surface area contributed by atoms with Crippen molar-refractivity contribution in [3.05, 3.63) is 63.4 Å². The van der Waals surface area contributed by atoms with E-state index >= 15 is 0 Å². The number of carbonyl (C=O) groups excluding carboxylic acids is 1. The van der Waals surface area contributed by atoms with E-state index in [1.807, 2.05) is 41.0 Å². The van der Waals surface area contributed by atoms with E-state index in [1.165, 1.54) is 16.9 Å². The van der Waals surface area contributed by atoms with E-state index < -0.39 is 0 Å². The molecule has 3 nitrogen and oxygen atoms in total. The summed E-state index contributed by atoms with van der Waals surface area (Å²) in [6.45, 7) is 6.71. The van der Waals surface area contributed by atoms with Gasteiger partial charge >= 0.3 is 0 Å². The summed E-state index contributed by atoms with van der Waals surface area (Å²) in [6.07, 6.45) is 5.49. The predicted octanol–water partition coefficient (Wildman–Crippen LogP) is 5.03. The van der Waals surface area contributed by atoms with Crippen LogP contribution in [0, 0.1) is 12.3 Å². The van der Waals surface area contributed by atoms with Gasteiger partial charge in [-0.2, -0.15) is 4.99 Å². The van der Waals surface area contributed by atoms with Crippen LogP contribution in [0.2, 0.25) is 5.02 Å². The van der Waals surface area contributed by atoms with Gasteiger partial charge in [0.15, 0.2) is 4.80 Å². The van der Waals surface area contributed by atoms with Gasteiger partial charge in [0.2, 0.25) is 0 Å². The number of nitrogens with zero attached hydrogens (tertiary/aromatic N) is 2. The molecule has 26 heavy (non-hydrogen) atoms. The second-order valence-electron chi connectivity index (χ2n) is 7.01. The first-order chi connectivity index (χ1) is 12.3. The van der Waals surface area contributed by atoms with Crippen molar-refractivity contribution in [2.24, 2.45) is 4.99 Å². The third-order valence-corrected chi connectivity index (χ3v) is 5.44. The third-order valence-electron chi connectivity index (χ3n) is 4.10. The Morgan fingerprint density at radius 1 is 1.23 bits per heavy atom. The van der Waals surface area contributed by atoms with Crippen molar-refractivity contribution < 1.29 is 4.79 Å². The van der Waals surface area contributed by atoms with E-state index in [1.54, 1.807) is 6.07 Å². The molecule has 2 aromatic carbocycles. The molecule has 0 spiro atoms. The van der Waals surface area contributed by atoms with Gasteiger partial charge in [-0.25, -0.2) is 0 Å². The lowest BCUT2D eigenvalue weighted by atomic mass is 9.87. The summed E-state index contributed by atoms with van der Waals surface area (Å²) >= 11 is 7.72. The highest BCUT2D eigenvalue weighted by molar-refractivity contribution is 7.16. The monoisotopic (exact) mass is 382 g/mol. The van der Waals surface area contributed by atoms with E-state index in [0.29, 0.717) is 21.9 Å². The highest BCUT2D eigenvalue weighted by atomic mass is 35.5. The second-order valence-corrected chi connectivity index (χ2v) is 8.42. The minimum absolute atomic E-state index is 0.0385. The SMILES string of the molecule is C#CCn1c(=NC(=O)c2ccc(C(C)(C)C)cc2)sc2cccc(Cl)c21. The maximum atomic E-state index is 12.6. The minimum atomic E-state index is -0.293. The van der Waals surface area contributed by atoms with Crippen LogP contribution in [0.3, 0.4) is 0 Å². The highest BCUT2D eigenvalue weighted by Crippen LogP contribution is 2.25. The molecule has 0 atom stereocenters. The van der Waals surface area contributed by atoms with Crippen LogP contribution < -0.4 is 4.80 Å². The van der Waals surface area contributed by atoms with E-state index in [9.17, 15) is 4.79 Å². The van der Waals surface area contributed by atoms with Crippen LogP contribution >= 0.6 is 22.9 Å². The molecule has 5 heteroatoms. The molecule has 3 aromatic rings. The molecule has 3 rings (SSSR count). The molecular formula is C21H19ClN2OS. The average Bonchev–Trinajstić information content (AvgIpc) is 2.93. The maximum Gasteiger partial charge on any atom is 0.279 e. The van der Waals surface area contributed by atoms with Gasteiger partial charge in [0.25, 0.3) is 5.91 Å². The Balaban J connectivity index is 2.07. The van der Waals surface area contributed by atoms with E-state index in [4.69, 9.17) is 18.0 Å². The van der Waals surface area contributed by atoms with Crippen molar-refractivity contribution in [2.45, 2.75) is 32.7 Å². The molecule has 0 unspecified atom stereocenters. The van der Waals surface area contributed by atoms with Crippen molar-refractivity contribution >= 4 is 39.1 Å². The summed E-state index contributed by atoms with van der Waals surface area (Å²) in [6, 6.07) is 13.2. The van der Waals surface area contributed by atoms with Crippen molar-refractivity contribution in [1.82, 2.24) is 4.57 Å². The lowest BCUT2D eigenvalue weighted by molar-refractivity contribution is 0.0998. The molecule has 0 saturated carbocycles. The number of hydrogen-bond acceptors (Lipinski definition) is 2. The standard InChI is InChI=1S/C21H19ClN2OS/c1-5-13-24-18-16(22)7-6-8-17(18)26-20(24)23-19(25)14-9-11-15(12-10-14)21(2,3)4/h1,6-12H,13H2,2-4H3. The summed E-state index contributed by atoms with van der Waals surface area (Å²) in [5.41, 5.74) is 2.57. The van der Waals surface area contributed by atoms with Gasteiger partial charge < -0.3 is 4.57 Å². The van der Waals surface area contributed by atoms with Crippen LogP contribution in [0.1, 0.15) is 36.7 Å². The lowest BCUT2D eigenvalue weighted by Crippen LogP contribution is -2.17. The smallest absolute Gasteiger partial charge is 0.279 e. The number of halogens is 1. The molecule has 1 heterocycles. The van der Waals surface area contributed by atoms with Gasteiger partial charge in [0, 0.05) is 5.56 Å². The van der Waals surface area contributed by atoms with Gasteiger partial charge in [0.05, 0.1) is 21.8 Å². The molecule has 132 valence electrons. The number of carbonyl (C=O) groups is 1. The Morgan fingerprint density at radius 2 is 1.92 bits per heavy atom. The molecule has 0 aliphatic rings. The fourth-order valence-corrected chi connectivity index (χ4v) is 4.06. The van der Waals surface area contributed by atoms with Crippen LogP contribution in [-0.2, 0) is 12.0 Å². The van der Waals surface area contributed by atoms with E-state index in [2.05, 4.69) is 31.7 Å². The van der Waals surface area contributed by atoms with Gasteiger partial charge in [0.1, 0.15) is 0 Å². The second kappa shape index (κ2) is 7.11. The summed E-state index contributed by atoms with van der Waals surface area (Å²) in [4.78, 5) is 17.5. The van der Waals surface area contributed by atoms with Crippen molar-refractivity contribution in [2.75, 3.05) is 0 Å². The number of hydrogen-bond donors (Lipinski definition) is 0. The number of thiazole rings is 1. The molecule has 0 fully saturated rings. The molecule has 0 saturated heterocycles. The van der Waals surface area contributed by atoms with Crippen LogP contribution in [0.4, 0.5) is 0 Å². The summed E-state index contributed by atoms with van der Waals surface area (Å²) < 4.78 is 2.76. The summed E-state index contributed by atoms with van der Waals surface area (Å²) in [5, 5.41) is 0.595. The Morgan fingerprint density at radius 3 is 2.54 bits per heavy atom. The minimum Gasteiger partial charge on any atom is -0.303 e. The number of para-hydroxylation sites is 1. The molecule has 0 aliphatic heterocycles. The van der Waals surface area contributed by atoms with Crippen molar-refractivity contribution in [3.8, 4) is 12.3 Å². The first-order valence-corrected chi connectivity index (χ1v) is 9.41. The summed E-state index contributed by atoms with van der Waals surface area (Å²) in [7, 11) is 0. The number of fused-ring (bicyclic) bond motifs is 1. The van der Waals surface area contributed by atoms with E-state index in [0.717, 1.165) is 10.2 Å². The highest BCUT2D eigenvalue weighted by Gasteiger charge is 2.15. The molecule has 1 aromatic heterocycles. The Kier molecular flexibility index (Phi) is 5.04. The molecular weight excluding hydrogens is 364 g/mol. The van der Waals surface area contributed by atoms with Gasteiger partial charge in [-0.3, -0.25) is 4.79 Å². The largest absolute Gasteiger partial charge is 0.303 e. The van der Waals surface area contributed by atoms with Crippen LogP contribution in [0.5, 0.6) is 0 Å². The molecule has 0 N–H and O–H groups in total. The first kappa shape index (κ1) is 18.4. The Hall–Kier alpha value is -2.35. The predicted molar refractivity (Wildman–Crippen MR) is 109 cm³/mol. The quantitative estimate of drug-likeness (QED) is 0.572. The van der Waals surface area contributed by atoms with Gasteiger partial charge in [-0.15, -0.1) is 6.42 Å². The number of aromatic nitrogens is 1. The average molecular weight is 383 g/mol. The number of rotatable bonds is 2. The van der Waals surface area contributed by atoms with Gasteiger partial charge in [-0.05, 0) is 35.2 Å². The van der Waals surface area contributed by atoms with Crippen molar-refractivity contribution in [3.63, 3.8) is 0 Å². The number of benzene rings is 2. The van der Waals surface area contributed by atoms with E-state index in [-0.39, 0.29) is 11.3 Å². The molecule has 0 aliphatic carbocycles. The first-order valence-electron chi connectivity index (χ1n) is 8.22. The zero-order valence-electron chi connectivity index (χ0n) is 14.9. The molecule has 0 radical (unpaired) electrons. The molecule has 1 amide bonds. The fraction of sp³-hybridized carbons (Fsp3) is 0.238. The van der Waals surface area contributed by atoms with Crippen LogP contribution in [0.25, 0.3) is 10.2 Å². The van der Waals surface area contributed by atoms with Crippen molar-refractivity contribution in [1.29, 1.82) is 0 Å². The lowest BCUT2D eigenvalue weighted by Gasteiger charge is -2.18. The Labute approximate surface area is 162 Å². The number of amides is 1. The summed E-state index contributed by atoms with van der Waals surface area (Å²) in [5.74, 6) is 2.31.